The largest absolute Gasteiger partial charge is 0.392 e. The lowest BCUT2D eigenvalue weighted by Gasteiger charge is -2.35. The van der Waals surface area contributed by atoms with Crippen LogP contribution in [-0.2, 0) is 4.79 Å². The monoisotopic (exact) mass is 302 g/mol. The lowest BCUT2D eigenvalue weighted by molar-refractivity contribution is -0.116. The van der Waals surface area contributed by atoms with E-state index in [0.717, 1.165) is 43.7 Å². The van der Waals surface area contributed by atoms with Crippen molar-refractivity contribution in [3.63, 3.8) is 0 Å². The number of nitrogens with zero attached hydrogens (tertiary/aromatic N) is 1. The highest BCUT2D eigenvalue weighted by Crippen LogP contribution is 2.36. The minimum Gasteiger partial charge on any atom is -0.392 e. The lowest BCUT2D eigenvalue weighted by Crippen LogP contribution is -2.45. The normalized spacial score (nSPS) is 27.9. The number of aliphatic hydroxyl groups is 1. The predicted octanol–water partition coefficient (Wildman–Crippen LogP) is 2.33. The average molecular weight is 302 g/mol. The van der Waals surface area contributed by atoms with Gasteiger partial charge < -0.3 is 15.3 Å². The molecule has 22 heavy (non-hydrogen) atoms. The molecule has 3 rings (SSSR count). The van der Waals surface area contributed by atoms with E-state index in [9.17, 15) is 9.90 Å². The molecular weight excluding hydrogens is 276 g/mol. The SMILES string of the molecule is Cc1cccc(NC(=O)CCN2C[C@H]3CC[C@@H](C2)C3O)c1C. The molecule has 2 aliphatic rings. The van der Waals surface area contributed by atoms with Crippen LogP contribution < -0.4 is 5.32 Å². The summed E-state index contributed by atoms with van der Waals surface area (Å²) in [5.74, 6) is 0.911. The molecule has 0 radical (unpaired) electrons. The van der Waals surface area contributed by atoms with Gasteiger partial charge in [0.15, 0.2) is 0 Å². The second-order valence-electron chi connectivity index (χ2n) is 6.89. The lowest BCUT2D eigenvalue weighted by atomic mass is 9.95. The van der Waals surface area contributed by atoms with Crippen molar-refractivity contribution in [1.29, 1.82) is 0 Å². The van der Waals surface area contributed by atoms with Crippen LogP contribution in [0.2, 0.25) is 0 Å². The first-order valence-corrected chi connectivity index (χ1v) is 8.31. The van der Waals surface area contributed by atoms with Gasteiger partial charge in [0.25, 0.3) is 0 Å². The van der Waals surface area contributed by atoms with Gasteiger partial charge in [-0.1, -0.05) is 12.1 Å². The second-order valence-corrected chi connectivity index (χ2v) is 6.89. The van der Waals surface area contributed by atoms with Crippen LogP contribution in [0, 0.1) is 25.7 Å². The van der Waals surface area contributed by atoms with Gasteiger partial charge in [-0.15, -0.1) is 0 Å². The Hall–Kier alpha value is -1.39. The molecule has 4 nitrogen and oxygen atoms in total. The molecule has 1 amide bonds. The number of anilines is 1. The molecule has 1 heterocycles. The molecule has 120 valence electrons. The number of likely N-dealkylation sites (tertiary alicyclic amines) is 1. The fourth-order valence-electron chi connectivity index (χ4n) is 3.83. The van der Waals surface area contributed by atoms with Gasteiger partial charge in [0.05, 0.1) is 6.10 Å². The van der Waals surface area contributed by atoms with Crippen molar-refractivity contribution in [3.8, 4) is 0 Å². The zero-order chi connectivity index (χ0) is 15.7. The van der Waals surface area contributed by atoms with Crippen LogP contribution >= 0.6 is 0 Å². The highest BCUT2D eigenvalue weighted by atomic mass is 16.3. The van der Waals surface area contributed by atoms with Crippen molar-refractivity contribution in [2.45, 2.75) is 39.2 Å². The number of carbonyl (C=O) groups is 1. The van der Waals surface area contributed by atoms with E-state index in [1.165, 1.54) is 5.56 Å². The van der Waals surface area contributed by atoms with Crippen LogP contribution in [0.3, 0.4) is 0 Å². The molecule has 1 aromatic rings. The van der Waals surface area contributed by atoms with E-state index in [1.54, 1.807) is 0 Å². The first kappa shape index (κ1) is 15.5. The van der Waals surface area contributed by atoms with Gasteiger partial charge in [-0.05, 0) is 55.7 Å². The summed E-state index contributed by atoms with van der Waals surface area (Å²) in [5, 5.41) is 13.1. The number of carbonyl (C=O) groups excluding carboxylic acids is 1. The number of nitrogens with one attached hydrogen (secondary N) is 1. The number of hydrogen-bond donors (Lipinski definition) is 2. The average Bonchev–Trinajstić information content (AvgIpc) is 2.72. The summed E-state index contributed by atoms with van der Waals surface area (Å²) >= 11 is 0. The highest BCUT2D eigenvalue weighted by molar-refractivity contribution is 5.91. The number of aryl methyl sites for hydroxylation is 1. The number of piperidine rings is 1. The maximum absolute atomic E-state index is 12.2. The molecule has 4 heteroatoms. The molecule has 2 fully saturated rings. The Balaban J connectivity index is 1.50. The maximum atomic E-state index is 12.2. The van der Waals surface area contributed by atoms with Crippen LogP contribution in [-0.4, -0.2) is 41.7 Å². The maximum Gasteiger partial charge on any atom is 0.225 e. The summed E-state index contributed by atoms with van der Waals surface area (Å²) in [6.45, 7) is 6.76. The Morgan fingerprint density at radius 1 is 1.27 bits per heavy atom. The van der Waals surface area contributed by atoms with Gasteiger partial charge in [0.2, 0.25) is 5.91 Å². The molecule has 1 unspecified atom stereocenters. The zero-order valence-corrected chi connectivity index (χ0v) is 13.5. The van der Waals surface area contributed by atoms with Crippen molar-refractivity contribution in [2.24, 2.45) is 11.8 Å². The third kappa shape index (κ3) is 3.18. The van der Waals surface area contributed by atoms with Crippen LogP contribution in [0.15, 0.2) is 18.2 Å². The Morgan fingerprint density at radius 2 is 1.95 bits per heavy atom. The summed E-state index contributed by atoms with van der Waals surface area (Å²) in [5.41, 5.74) is 3.24. The highest BCUT2D eigenvalue weighted by Gasteiger charge is 2.40. The summed E-state index contributed by atoms with van der Waals surface area (Å²) in [7, 11) is 0. The summed E-state index contributed by atoms with van der Waals surface area (Å²) in [6.07, 6.45) is 2.68. The number of amides is 1. The second kappa shape index (κ2) is 6.39. The Kier molecular flexibility index (Phi) is 4.50. The summed E-state index contributed by atoms with van der Waals surface area (Å²) in [6, 6.07) is 5.99. The van der Waals surface area contributed by atoms with Crippen molar-refractivity contribution in [3.05, 3.63) is 29.3 Å². The first-order valence-electron chi connectivity index (χ1n) is 8.31. The first-order chi connectivity index (χ1) is 10.5. The quantitative estimate of drug-likeness (QED) is 0.897. The Bertz CT molecular complexity index is 544. The fraction of sp³-hybridized carbons (Fsp3) is 0.611. The standard InChI is InChI=1S/C18H26N2O2/c1-12-4-3-5-16(13(12)2)19-17(21)8-9-20-10-14-6-7-15(11-20)18(14)22/h3-5,14-15,18,22H,6-11H2,1-2H3,(H,19,21)/t14-,15+,18?. The molecule has 0 spiro atoms. The molecule has 1 aliphatic carbocycles. The van der Waals surface area contributed by atoms with E-state index < -0.39 is 0 Å². The molecule has 1 saturated heterocycles. The van der Waals surface area contributed by atoms with Gasteiger partial charge in [-0.25, -0.2) is 0 Å². The van der Waals surface area contributed by atoms with E-state index in [4.69, 9.17) is 0 Å². The van der Waals surface area contributed by atoms with E-state index in [1.807, 2.05) is 19.1 Å². The number of hydrogen-bond acceptors (Lipinski definition) is 3. The fourth-order valence-corrected chi connectivity index (χ4v) is 3.83. The van der Waals surface area contributed by atoms with Crippen LogP contribution in [0.5, 0.6) is 0 Å². The number of aliphatic hydroxyl groups excluding tert-OH is 1. The van der Waals surface area contributed by atoms with Crippen LogP contribution in [0.25, 0.3) is 0 Å². The minimum absolute atomic E-state index is 0.0761. The van der Waals surface area contributed by atoms with Crippen molar-refractivity contribution in [1.82, 2.24) is 4.90 Å². The minimum atomic E-state index is -0.111. The van der Waals surface area contributed by atoms with E-state index in [2.05, 4.69) is 23.2 Å². The summed E-state index contributed by atoms with van der Waals surface area (Å²) < 4.78 is 0. The van der Waals surface area contributed by atoms with Gasteiger partial charge in [0, 0.05) is 31.7 Å². The zero-order valence-electron chi connectivity index (χ0n) is 13.5. The molecule has 1 saturated carbocycles. The van der Waals surface area contributed by atoms with Crippen molar-refractivity contribution >= 4 is 11.6 Å². The van der Waals surface area contributed by atoms with Crippen LogP contribution in [0.4, 0.5) is 5.69 Å². The molecule has 2 N–H and O–H groups in total. The molecule has 1 aliphatic heterocycles. The smallest absolute Gasteiger partial charge is 0.225 e. The van der Waals surface area contributed by atoms with Gasteiger partial charge in [0.1, 0.15) is 0 Å². The predicted molar refractivity (Wildman–Crippen MR) is 87.8 cm³/mol. The van der Waals surface area contributed by atoms with Gasteiger partial charge in [-0.2, -0.15) is 0 Å². The number of fused-ring (bicyclic) bond motifs is 2. The van der Waals surface area contributed by atoms with E-state index >= 15 is 0 Å². The topological polar surface area (TPSA) is 52.6 Å². The molecule has 0 aromatic heterocycles. The van der Waals surface area contributed by atoms with E-state index in [0.29, 0.717) is 18.3 Å². The van der Waals surface area contributed by atoms with Gasteiger partial charge >= 0.3 is 0 Å². The summed E-state index contributed by atoms with van der Waals surface area (Å²) in [4.78, 5) is 14.5. The van der Waals surface area contributed by atoms with E-state index in [-0.39, 0.29) is 12.0 Å². The third-order valence-electron chi connectivity index (χ3n) is 5.39. The molecule has 2 bridgehead atoms. The van der Waals surface area contributed by atoms with Crippen molar-refractivity contribution in [2.75, 3.05) is 25.0 Å². The number of rotatable bonds is 4. The Labute approximate surface area is 132 Å². The van der Waals surface area contributed by atoms with Gasteiger partial charge in [-0.3, -0.25) is 4.79 Å². The van der Waals surface area contributed by atoms with Crippen molar-refractivity contribution < 1.29 is 9.90 Å². The molecular formula is C18H26N2O2. The number of benzene rings is 1. The van der Waals surface area contributed by atoms with Crippen LogP contribution in [0.1, 0.15) is 30.4 Å². The third-order valence-corrected chi connectivity index (χ3v) is 5.39. The molecule has 3 atom stereocenters. The Morgan fingerprint density at radius 3 is 2.64 bits per heavy atom. The molecule has 1 aromatic carbocycles.